The van der Waals surface area contributed by atoms with Gasteiger partial charge in [-0.15, -0.1) is 5.10 Å². The molecule has 0 aliphatic rings. The zero-order valence-electron chi connectivity index (χ0n) is 15.9. The molecule has 0 bridgehead atoms. The van der Waals surface area contributed by atoms with Crippen LogP contribution in [0.4, 0.5) is 8.78 Å². The number of hydrogen-bond acceptors (Lipinski definition) is 4. The Morgan fingerprint density at radius 2 is 1.87 bits per heavy atom. The van der Waals surface area contributed by atoms with Gasteiger partial charge in [-0.05, 0) is 55.2 Å². The SMILES string of the molecule is O=P(O)(O)C(F)(F)c1ccc(CCCCSc2n[nH]c(-c3ccc(Cl)cc3)n2)cc1Br. The number of rotatable bonds is 9. The predicted molar refractivity (Wildman–Crippen MR) is 121 cm³/mol. The molecule has 0 unspecified atom stereocenters. The van der Waals surface area contributed by atoms with Gasteiger partial charge < -0.3 is 9.79 Å². The molecule has 1 heterocycles. The van der Waals surface area contributed by atoms with Crippen molar-refractivity contribution in [2.45, 2.75) is 30.1 Å². The second kappa shape index (κ2) is 10.1. The number of unbranched alkanes of at least 4 members (excludes halogenated alkanes) is 1. The average Bonchev–Trinajstić information content (AvgIpc) is 3.16. The van der Waals surface area contributed by atoms with Gasteiger partial charge in [0.25, 0.3) is 0 Å². The lowest BCUT2D eigenvalue weighted by Gasteiger charge is -2.19. The standard InChI is InChI=1S/C19H18BrClF2N3O3PS/c20-16-11-12(4-9-15(16)19(22,23)30(27,28)29)3-1-2-10-31-18-24-17(25-26-18)13-5-7-14(21)8-6-13/h4-9,11H,1-3,10H2,(H,24,25,26)(H2,27,28,29). The number of aryl methyl sites for hydroxylation is 1. The number of alkyl halides is 2. The zero-order chi connectivity index (χ0) is 22.6. The fourth-order valence-corrected chi connectivity index (χ4v) is 5.02. The summed E-state index contributed by atoms with van der Waals surface area (Å²) in [4.78, 5) is 22.2. The summed E-state index contributed by atoms with van der Waals surface area (Å²) in [5, 5.41) is 8.37. The molecule has 0 saturated heterocycles. The number of nitrogens with zero attached hydrogens (tertiary/aromatic N) is 2. The largest absolute Gasteiger partial charge is 0.399 e. The number of H-pyrrole nitrogens is 1. The molecule has 31 heavy (non-hydrogen) atoms. The molecule has 3 rings (SSSR count). The highest BCUT2D eigenvalue weighted by molar-refractivity contribution is 9.10. The van der Waals surface area contributed by atoms with E-state index in [1.807, 2.05) is 12.1 Å². The molecule has 0 aliphatic carbocycles. The van der Waals surface area contributed by atoms with Gasteiger partial charge in [0.05, 0.1) is 0 Å². The summed E-state index contributed by atoms with van der Waals surface area (Å²) < 4.78 is 38.8. The monoisotopic (exact) mass is 551 g/mol. The third-order valence-electron chi connectivity index (χ3n) is 4.40. The van der Waals surface area contributed by atoms with Gasteiger partial charge in [-0.1, -0.05) is 51.4 Å². The van der Waals surface area contributed by atoms with E-state index < -0.39 is 18.8 Å². The molecule has 0 radical (unpaired) electrons. The van der Waals surface area contributed by atoms with E-state index in [-0.39, 0.29) is 4.47 Å². The Labute approximate surface area is 195 Å². The van der Waals surface area contributed by atoms with Gasteiger partial charge in [0.15, 0.2) is 5.82 Å². The Balaban J connectivity index is 1.48. The number of benzene rings is 2. The number of nitrogens with one attached hydrogen (secondary N) is 1. The highest BCUT2D eigenvalue weighted by atomic mass is 79.9. The Morgan fingerprint density at radius 3 is 2.52 bits per heavy atom. The van der Waals surface area contributed by atoms with E-state index in [0.29, 0.717) is 22.4 Å². The number of aromatic amines is 1. The minimum absolute atomic E-state index is 0.0249. The maximum Gasteiger partial charge on any atom is 0.399 e. The third kappa shape index (κ3) is 6.15. The van der Waals surface area contributed by atoms with Gasteiger partial charge in [0.2, 0.25) is 5.16 Å². The second-order valence-electron chi connectivity index (χ2n) is 6.68. The third-order valence-corrected chi connectivity index (χ3v) is 7.21. The van der Waals surface area contributed by atoms with Crippen molar-refractivity contribution >= 4 is 46.9 Å². The molecule has 3 N–H and O–H groups in total. The highest BCUT2D eigenvalue weighted by Gasteiger charge is 2.51. The quantitative estimate of drug-likeness (QED) is 0.165. The van der Waals surface area contributed by atoms with Gasteiger partial charge in [0, 0.05) is 26.4 Å². The van der Waals surface area contributed by atoms with Crippen molar-refractivity contribution in [1.82, 2.24) is 15.2 Å². The van der Waals surface area contributed by atoms with E-state index in [1.165, 1.54) is 23.9 Å². The number of aromatic nitrogens is 3. The first kappa shape index (κ1) is 24.4. The summed E-state index contributed by atoms with van der Waals surface area (Å²) in [6.07, 6.45) is 2.31. The molecule has 0 saturated carbocycles. The van der Waals surface area contributed by atoms with Gasteiger partial charge in [-0.25, -0.2) is 4.98 Å². The lowest BCUT2D eigenvalue weighted by molar-refractivity contribution is 0.0557. The van der Waals surface area contributed by atoms with Crippen molar-refractivity contribution in [1.29, 1.82) is 0 Å². The summed E-state index contributed by atoms with van der Waals surface area (Å²) in [6.45, 7) is 0. The van der Waals surface area contributed by atoms with Crippen LogP contribution in [0.2, 0.25) is 5.02 Å². The van der Waals surface area contributed by atoms with Crippen molar-refractivity contribution in [2.75, 3.05) is 5.75 Å². The zero-order valence-corrected chi connectivity index (χ0v) is 20.0. The van der Waals surface area contributed by atoms with Crippen LogP contribution in [0, 0.1) is 0 Å². The predicted octanol–water partition coefficient (Wildman–Crippen LogP) is 6.23. The van der Waals surface area contributed by atoms with Crippen LogP contribution in [0.25, 0.3) is 11.4 Å². The van der Waals surface area contributed by atoms with Crippen molar-refractivity contribution in [3.8, 4) is 11.4 Å². The van der Waals surface area contributed by atoms with Crippen LogP contribution in [-0.4, -0.2) is 30.7 Å². The van der Waals surface area contributed by atoms with Gasteiger partial charge in [-0.2, -0.15) is 8.78 Å². The molecule has 0 aliphatic heterocycles. The summed E-state index contributed by atoms with van der Waals surface area (Å²) in [5.74, 6) is 1.45. The minimum atomic E-state index is -5.60. The molecule has 166 valence electrons. The normalized spacial score (nSPS) is 12.3. The van der Waals surface area contributed by atoms with Crippen LogP contribution in [0.5, 0.6) is 0 Å². The van der Waals surface area contributed by atoms with Crippen LogP contribution < -0.4 is 0 Å². The lowest BCUT2D eigenvalue weighted by Crippen LogP contribution is -2.14. The van der Waals surface area contributed by atoms with E-state index in [1.54, 1.807) is 12.1 Å². The van der Waals surface area contributed by atoms with E-state index in [9.17, 15) is 13.3 Å². The smallest absolute Gasteiger partial charge is 0.320 e. The molecule has 6 nitrogen and oxygen atoms in total. The van der Waals surface area contributed by atoms with Gasteiger partial charge in [-0.3, -0.25) is 9.66 Å². The Bertz CT molecular complexity index is 1100. The van der Waals surface area contributed by atoms with Crippen LogP contribution in [-0.2, 0) is 16.6 Å². The topological polar surface area (TPSA) is 99.1 Å². The molecule has 0 atom stereocenters. The van der Waals surface area contributed by atoms with E-state index in [2.05, 4.69) is 31.1 Å². The van der Waals surface area contributed by atoms with Gasteiger partial charge in [0.1, 0.15) is 0 Å². The van der Waals surface area contributed by atoms with Crippen molar-refractivity contribution in [3.05, 3.63) is 63.1 Å². The van der Waals surface area contributed by atoms with Gasteiger partial charge >= 0.3 is 13.3 Å². The molecule has 1 aromatic heterocycles. The highest BCUT2D eigenvalue weighted by Crippen LogP contribution is 2.60. The van der Waals surface area contributed by atoms with E-state index >= 15 is 0 Å². The molecule has 12 heteroatoms. The summed E-state index contributed by atoms with van der Waals surface area (Å²) in [6, 6.07) is 11.3. The fraction of sp³-hybridized carbons (Fsp3) is 0.263. The first-order valence-corrected chi connectivity index (χ1v) is 12.9. The van der Waals surface area contributed by atoms with E-state index in [4.69, 9.17) is 21.4 Å². The first-order chi connectivity index (χ1) is 14.6. The van der Waals surface area contributed by atoms with E-state index in [0.717, 1.165) is 35.8 Å². The Kier molecular flexibility index (Phi) is 7.94. The summed E-state index contributed by atoms with van der Waals surface area (Å²) in [7, 11) is -5.60. The van der Waals surface area contributed by atoms with Crippen molar-refractivity contribution in [3.63, 3.8) is 0 Å². The number of thioether (sulfide) groups is 1. The van der Waals surface area contributed by atoms with Crippen LogP contribution in [0.1, 0.15) is 24.0 Å². The molecule has 0 amide bonds. The average molecular weight is 553 g/mol. The summed E-state index contributed by atoms with van der Waals surface area (Å²) in [5.41, 5.74) is -3.27. The number of hydrogen-bond donors (Lipinski definition) is 3. The second-order valence-corrected chi connectivity index (χ2v) is 10.7. The lowest BCUT2D eigenvalue weighted by atomic mass is 10.1. The summed E-state index contributed by atoms with van der Waals surface area (Å²) >= 11 is 10.4. The Hall–Kier alpha value is -1.29. The first-order valence-electron chi connectivity index (χ1n) is 9.11. The van der Waals surface area contributed by atoms with Crippen LogP contribution >= 0.6 is 46.9 Å². The number of halogens is 4. The van der Waals surface area contributed by atoms with Crippen LogP contribution in [0.3, 0.4) is 0 Å². The molecule has 0 fully saturated rings. The molecule has 3 aromatic rings. The molecular formula is C19H18BrClF2N3O3PS. The molecule has 0 spiro atoms. The Morgan fingerprint density at radius 1 is 1.16 bits per heavy atom. The molecule has 2 aromatic carbocycles. The fourth-order valence-electron chi connectivity index (χ4n) is 2.76. The maximum atomic E-state index is 13.9. The van der Waals surface area contributed by atoms with Crippen molar-refractivity contribution in [2.24, 2.45) is 0 Å². The maximum absolute atomic E-state index is 13.9. The molecular weight excluding hydrogens is 535 g/mol. The minimum Gasteiger partial charge on any atom is -0.320 e. The van der Waals surface area contributed by atoms with Crippen LogP contribution in [0.15, 0.2) is 52.1 Å². The van der Waals surface area contributed by atoms with Crippen molar-refractivity contribution < 1.29 is 23.1 Å².